The highest BCUT2D eigenvalue weighted by Crippen LogP contribution is 2.31. The zero-order valence-corrected chi connectivity index (χ0v) is 14.2. The number of fused-ring (bicyclic) bond motifs is 2. The third-order valence-corrected chi connectivity index (χ3v) is 6.39. The van der Waals surface area contributed by atoms with Crippen LogP contribution in [0.25, 0.3) is 0 Å². The highest BCUT2D eigenvalue weighted by Gasteiger charge is 2.42. The zero-order chi connectivity index (χ0) is 17.6. The van der Waals surface area contributed by atoms with E-state index in [9.17, 15) is 18.0 Å². The van der Waals surface area contributed by atoms with Crippen molar-refractivity contribution in [1.82, 2.24) is 4.31 Å². The van der Waals surface area contributed by atoms with E-state index in [1.54, 1.807) is 17.0 Å². The number of nitrogens with zero attached hydrogens (tertiary/aromatic N) is 2. The molecule has 128 valence electrons. The van der Waals surface area contributed by atoms with Gasteiger partial charge in [-0.2, -0.15) is 0 Å². The van der Waals surface area contributed by atoms with E-state index >= 15 is 0 Å². The number of para-hydroxylation sites is 1. The number of anilines is 1. The first-order chi connectivity index (χ1) is 12.0. The van der Waals surface area contributed by atoms with E-state index in [1.807, 2.05) is 24.3 Å². The van der Waals surface area contributed by atoms with Gasteiger partial charge < -0.3 is 4.90 Å². The highest BCUT2D eigenvalue weighted by atomic mass is 32.2. The van der Waals surface area contributed by atoms with E-state index in [0.29, 0.717) is 10.8 Å². The maximum atomic E-state index is 12.8. The number of benzene rings is 2. The number of carbonyl (C=O) groups is 2. The van der Waals surface area contributed by atoms with Gasteiger partial charge >= 0.3 is 0 Å². The molecule has 7 heteroatoms. The lowest BCUT2D eigenvalue weighted by molar-refractivity contribution is -0.118. The Kier molecular flexibility index (Phi) is 3.61. The van der Waals surface area contributed by atoms with Crippen LogP contribution in [0.2, 0.25) is 0 Å². The summed E-state index contributed by atoms with van der Waals surface area (Å²) >= 11 is 0. The molecule has 0 unspecified atom stereocenters. The van der Waals surface area contributed by atoms with Crippen molar-refractivity contribution in [2.24, 2.45) is 0 Å². The van der Waals surface area contributed by atoms with Crippen LogP contribution in [-0.2, 0) is 21.2 Å². The Labute approximate surface area is 145 Å². The molecule has 0 N–H and O–H groups in total. The quantitative estimate of drug-likeness (QED) is 0.822. The maximum Gasteiger partial charge on any atom is 0.269 e. The van der Waals surface area contributed by atoms with Crippen LogP contribution in [0.1, 0.15) is 22.3 Å². The van der Waals surface area contributed by atoms with Crippen molar-refractivity contribution < 1.29 is 18.0 Å². The van der Waals surface area contributed by atoms with Gasteiger partial charge in [0.25, 0.3) is 15.9 Å². The third-order valence-electron chi connectivity index (χ3n) is 4.60. The van der Waals surface area contributed by atoms with Crippen molar-refractivity contribution in [3.8, 4) is 0 Å². The van der Waals surface area contributed by atoms with Crippen LogP contribution in [-0.4, -0.2) is 37.6 Å². The minimum atomic E-state index is -3.97. The van der Waals surface area contributed by atoms with Crippen LogP contribution >= 0.6 is 0 Å². The Bertz CT molecular complexity index is 984. The summed E-state index contributed by atoms with van der Waals surface area (Å²) in [5, 5.41) is 0. The smallest absolute Gasteiger partial charge is 0.269 e. The molecule has 0 spiro atoms. The van der Waals surface area contributed by atoms with Gasteiger partial charge in [0.2, 0.25) is 5.91 Å². The number of sulfonamides is 1. The molecule has 0 saturated carbocycles. The predicted molar refractivity (Wildman–Crippen MR) is 91.8 cm³/mol. The molecule has 0 aliphatic carbocycles. The molecule has 4 rings (SSSR count). The van der Waals surface area contributed by atoms with E-state index in [1.165, 1.54) is 12.1 Å². The normalized spacial score (nSPS) is 18.0. The van der Waals surface area contributed by atoms with Gasteiger partial charge in [-0.05, 0) is 36.6 Å². The Morgan fingerprint density at radius 3 is 2.56 bits per heavy atom. The molecule has 25 heavy (non-hydrogen) atoms. The lowest BCUT2D eigenvalue weighted by Gasteiger charge is -2.30. The molecule has 0 radical (unpaired) electrons. The van der Waals surface area contributed by atoms with E-state index in [-0.39, 0.29) is 10.5 Å². The molecule has 0 aromatic heterocycles. The first-order valence-electron chi connectivity index (χ1n) is 8.04. The van der Waals surface area contributed by atoms with Crippen molar-refractivity contribution in [2.45, 2.75) is 17.7 Å². The fourth-order valence-electron chi connectivity index (χ4n) is 3.39. The molecule has 0 fully saturated rings. The molecular weight excluding hydrogens is 340 g/mol. The Hall–Kier alpha value is -2.67. The molecule has 2 amide bonds. The van der Waals surface area contributed by atoms with Crippen molar-refractivity contribution >= 4 is 27.5 Å². The molecule has 0 atom stereocenters. The maximum absolute atomic E-state index is 12.8. The summed E-state index contributed by atoms with van der Waals surface area (Å²) in [6, 6.07) is 13.6. The summed E-state index contributed by atoms with van der Waals surface area (Å²) < 4.78 is 25.9. The van der Waals surface area contributed by atoms with E-state index in [4.69, 9.17) is 0 Å². The average Bonchev–Trinajstić information content (AvgIpc) is 2.82. The van der Waals surface area contributed by atoms with Crippen LogP contribution in [0.5, 0.6) is 0 Å². The van der Waals surface area contributed by atoms with E-state index in [0.717, 1.165) is 24.1 Å². The molecule has 2 aliphatic heterocycles. The lowest BCUT2D eigenvalue weighted by Crippen LogP contribution is -2.44. The number of hydrogen-bond donors (Lipinski definition) is 0. The van der Waals surface area contributed by atoms with Gasteiger partial charge in [0, 0.05) is 12.2 Å². The standard InChI is InChI=1S/C18H16N2O4S/c21-17(19-11-5-7-13-6-1-3-9-15(13)19)12-20-18(22)14-8-2-4-10-16(14)25(20,23)24/h1-4,6,8-10H,5,7,11-12H2. The average molecular weight is 356 g/mol. The fourth-order valence-corrected chi connectivity index (χ4v) is 4.91. The molecule has 2 heterocycles. The third kappa shape index (κ3) is 2.42. The number of rotatable bonds is 2. The number of hydrogen-bond acceptors (Lipinski definition) is 4. The fraction of sp³-hybridized carbons (Fsp3) is 0.222. The largest absolute Gasteiger partial charge is 0.311 e. The van der Waals surface area contributed by atoms with Gasteiger partial charge in [-0.3, -0.25) is 9.59 Å². The number of aryl methyl sites for hydroxylation is 1. The summed E-state index contributed by atoms with van der Waals surface area (Å²) in [5.74, 6) is -1.04. The minimum absolute atomic E-state index is 0.0353. The zero-order valence-electron chi connectivity index (χ0n) is 13.4. The highest BCUT2D eigenvalue weighted by molar-refractivity contribution is 7.90. The molecule has 6 nitrogen and oxygen atoms in total. The van der Waals surface area contributed by atoms with Crippen molar-refractivity contribution in [3.05, 3.63) is 59.7 Å². The molecule has 2 aliphatic rings. The van der Waals surface area contributed by atoms with Gasteiger partial charge in [-0.15, -0.1) is 0 Å². The summed E-state index contributed by atoms with van der Waals surface area (Å²) in [6.45, 7) is 0.0368. The summed E-state index contributed by atoms with van der Waals surface area (Å²) in [4.78, 5) is 26.8. The van der Waals surface area contributed by atoms with Gasteiger partial charge in [-0.1, -0.05) is 30.3 Å². The minimum Gasteiger partial charge on any atom is -0.311 e. The van der Waals surface area contributed by atoms with E-state index in [2.05, 4.69) is 0 Å². The Balaban J connectivity index is 1.64. The Morgan fingerprint density at radius 2 is 1.76 bits per heavy atom. The SMILES string of the molecule is O=C(CN1C(=O)c2ccccc2S1(=O)=O)N1CCCc2ccccc21. The predicted octanol–water partition coefficient (Wildman–Crippen LogP) is 1.81. The number of amides is 2. The summed E-state index contributed by atoms with van der Waals surface area (Å²) in [6.07, 6.45) is 1.69. The Morgan fingerprint density at radius 1 is 1.04 bits per heavy atom. The van der Waals surface area contributed by atoms with Crippen LogP contribution in [0.4, 0.5) is 5.69 Å². The van der Waals surface area contributed by atoms with Gasteiger partial charge in [0.1, 0.15) is 11.4 Å². The monoisotopic (exact) mass is 356 g/mol. The van der Waals surface area contributed by atoms with Crippen LogP contribution < -0.4 is 4.90 Å². The summed E-state index contributed by atoms with van der Waals surface area (Å²) in [5.41, 5.74) is 1.97. The van der Waals surface area contributed by atoms with E-state index < -0.39 is 28.4 Å². The summed E-state index contributed by atoms with van der Waals surface area (Å²) in [7, 11) is -3.97. The first kappa shape index (κ1) is 15.8. The number of carbonyl (C=O) groups excluding carboxylic acids is 2. The van der Waals surface area contributed by atoms with Crippen LogP contribution in [0.3, 0.4) is 0 Å². The second-order valence-corrected chi connectivity index (χ2v) is 7.92. The molecule has 0 bridgehead atoms. The van der Waals surface area contributed by atoms with Crippen molar-refractivity contribution in [3.63, 3.8) is 0 Å². The van der Waals surface area contributed by atoms with Crippen molar-refractivity contribution in [1.29, 1.82) is 0 Å². The van der Waals surface area contributed by atoms with Gasteiger partial charge in [0.15, 0.2) is 0 Å². The lowest BCUT2D eigenvalue weighted by atomic mass is 10.0. The van der Waals surface area contributed by atoms with Gasteiger partial charge in [0.05, 0.1) is 5.56 Å². The molecular formula is C18H16N2O4S. The van der Waals surface area contributed by atoms with Crippen LogP contribution in [0, 0.1) is 0 Å². The molecule has 2 aromatic carbocycles. The second-order valence-electron chi connectivity index (χ2n) is 6.09. The second kappa shape index (κ2) is 5.70. The first-order valence-corrected chi connectivity index (χ1v) is 9.48. The molecule has 0 saturated heterocycles. The molecule has 2 aromatic rings. The van der Waals surface area contributed by atoms with Crippen molar-refractivity contribution in [2.75, 3.05) is 18.0 Å². The van der Waals surface area contributed by atoms with Gasteiger partial charge in [-0.25, -0.2) is 12.7 Å². The topological polar surface area (TPSA) is 74.8 Å². The van der Waals surface area contributed by atoms with Crippen LogP contribution in [0.15, 0.2) is 53.4 Å².